The number of carboxylic acids is 1. The number of carbonyl (C=O) groups is 1. The molecule has 0 aliphatic rings. The Balaban J connectivity index is 2.19. The number of benzene rings is 3. The van der Waals surface area contributed by atoms with Crippen LogP contribution in [-0.2, 0) is 5.41 Å². The minimum absolute atomic E-state index is 0.0866. The van der Waals surface area contributed by atoms with E-state index in [1.807, 2.05) is 36.4 Å². The Labute approximate surface area is 153 Å². The van der Waals surface area contributed by atoms with Gasteiger partial charge in [-0.05, 0) is 34.7 Å². The number of aromatic hydroxyl groups is 1. The second-order valence-electron chi connectivity index (χ2n) is 6.74. The summed E-state index contributed by atoms with van der Waals surface area (Å²) < 4.78 is 0. The lowest BCUT2D eigenvalue weighted by molar-refractivity contribution is 0.0693. The lowest BCUT2D eigenvalue weighted by Gasteiger charge is -2.37. The standard InChI is InChI=1S/C23H22O3/c1-16(17-9-5-3-6-10-17)23(2,18-11-7-4-8-12-18)19-13-14-20(22(25)26)21(24)15-19/h3-16,24H,1-2H3,(H,25,26). The number of hydrogen-bond donors (Lipinski definition) is 2. The average molecular weight is 346 g/mol. The van der Waals surface area contributed by atoms with E-state index in [9.17, 15) is 15.0 Å². The molecule has 0 aromatic heterocycles. The van der Waals surface area contributed by atoms with Crippen LogP contribution in [0.2, 0.25) is 0 Å². The summed E-state index contributed by atoms with van der Waals surface area (Å²) in [5.74, 6) is -1.23. The molecule has 0 aliphatic carbocycles. The molecule has 3 heteroatoms. The van der Waals surface area contributed by atoms with Gasteiger partial charge in [0.05, 0.1) is 0 Å². The molecular formula is C23H22O3. The van der Waals surface area contributed by atoms with Gasteiger partial charge < -0.3 is 10.2 Å². The molecule has 0 saturated carbocycles. The SMILES string of the molecule is CC(c1ccccc1)C(C)(c1ccccc1)c1ccc(C(=O)O)c(O)c1. The third-order valence-corrected chi connectivity index (χ3v) is 5.37. The maximum Gasteiger partial charge on any atom is 0.339 e. The third kappa shape index (κ3) is 3.08. The molecule has 0 aliphatic heterocycles. The highest BCUT2D eigenvalue weighted by Crippen LogP contribution is 2.45. The molecular weight excluding hydrogens is 324 g/mol. The number of rotatable bonds is 5. The molecule has 0 bridgehead atoms. The van der Waals surface area contributed by atoms with Crippen molar-refractivity contribution in [1.82, 2.24) is 0 Å². The molecule has 3 aromatic carbocycles. The van der Waals surface area contributed by atoms with Crippen LogP contribution >= 0.6 is 0 Å². The molecule has 3 nitrogen and oxygen atoms in total. The fourth-order valence-electron chi connectivity index (χ4n) is 3.56. The number of phenols is 1. The number of hydrogen-bond acceptors (Lipinski definition) is 2. The van der Waals surface area contributed by atoms with Crippen molar-refractivity contribution in [2.45, 2.75) is 25.2 Å². The predicted octanol–water partition coefficient (Wildman–Crippen LogP) is 5.20. The van der Waals surface area contributed by atoms with E-state index in [1.54, 1.807) is 12.1 Å². The fourth-order valence-corrected chi connectivity index (χ4v) is 3.56. The van der Waals surface area contributed by atoms with Gasteiger partial charge in [-0.25, -0.2) is 4.79 Å². The van der Waals surface area contributed by atoms with Gasteiger partial charge in [0.1, 0.15) is 11.3 Å². The van der Waals surface area contributed by atoms with Crippen LogP contribution in [-0.4, -0.2) is 16.2 Å². The minimum Gasteiger partial charge on any atom is -0.507 e. The van der Waals surface area contributed by atoms with Crippen molar-refractivity contribution < 1.29 is 15.0 Å². The summed E-state index contributed by atoms with van der Waals surface area (Å²) in [4.78, 5) is 11.2. The van der Waals surface area contributed by atoms with Crippen molar-refractivity contribution in [3.05, 3.63) is 101 Å². The van der Waals surface area contributed by atoms with Crippen molar-refractivity contribution in [2.24, 2.45) is 0 Å². The van der Waals surface area contributed by atoms with E-state index in [0.29, 0.717) is 0 Å². The van der Waals surface area contributed by atoms with Gasteiger partial charge in [0, 0.05) is 5.41 Å². The molecule has 3 aromatic rings. The van der Waals surface area contributed by atoms with E-state index in [4.69, 9.17) is 0 Å². The van der Waals surface area contributed by atoms with E-state index < -0.39 is 11.4 Å². The van der Waals surface area contributed by atoms with Gasteiger partial charge >= 0.3 is 5.97 Å². The first-order valence-corrected chi connectivity index (χ1v) is 8.62. The summed E-state index contributed by atoms with van der Waals surface area (Å²) in [7, 11) is 0. The van der Waals surface area contributed by atoms with E-state index in [1.165, 1.54) is 11.6 Å². The monoisotopic (exact) mass is 346 g/mol. The Kier molecular flexibility index (Phi) is 4.81. The maximum atomic E-state index is 11.2. The molecule has 0 radical (unpaired) electrons. The number of carboxylic acid groups (broad SMARTS) is 1. The summed E-state index contributed by atoms with van der Waals surface area (Å²) in [5, 5.41) is 19.4. The van der Waals surface area contributed by atoms with Gasteiger partial charge in [-0.1, -0.05) is 80.6 Å². The van der Waals surface area contributed by atoms with E-state index in [-0.39, 0.29) is 17.2 Å². The summed E-state index contributed by atoms with van der Waals surface area (Å²) in [5.41, 5.74) is 2.65. The lowest BCUT2D eigenvalue weighted by Crippen LogP contribution is -2.30. The molecule has 0 saturated heterocycles. The highest BCUT2D eigenvalue weighted by Gasteiger charge is 2.36. The molecule has 3 rings (SSSR count). The van der Waals surface area contributed by atoms with E-state index in [0.717, 1.165) is 11.1 Å². The van der Waals surface area contributed by atoms with Gasteiger partial charge in [0.15, 0.2) is 0 Å². The predicted molar refractivity (Wildman–Crippen MR) is 103 cm³/mol. The molecule has 0 heterocycles. The number of aromatic carboxylic acids is 1. The van der Waals surface area contributed by atoms with Gasteiger partial charge in [0.2, 0.25) is 0 Å². The zero-order valence-electron chi connectivity index (χ0n) is 14.9. The van der Waals surface area contributed by atoms with Crippen LogP contribution in [0, 0.1) is 0 Å². The van der Waals surface area contributed by atoms with Crippen molar-refractivity contribution in [1.29, 1.82) is 0 Å². The Hall–Kier alpha value is -3.07. The Bertz CT molecular complexity index is 903. The summed E-state index contributed by atoms with van der Waals surface area (Å²) in [6, 6.07) is 25.2. The summed E-state index contributed by atoms with van der Waals surface area (Å²) in [6.07, 6.45) is 0. The van der Waals surface area contributed by atoms with Gasteiger partial charge in [-0.2, -0.15) is 0 Å². The van der Waals surface area contributed by atoms with Crippen LogP contribution in [0.4, 0.5) is 0 Å². The molecule has 0 spiro atoms. The smallest absolute Gasteiger partial charge is 0.339 e. The molecule has 0 fully saturated rings. The second kappa shape index (κ2) is 7.04. The molecule has 26 heavy (non-hydrogen) atoms. The first-order valence-electron chi connectivity index (χ1n) is 8.62. The van der Waals surface area contributed by atoms with Crippen molar-refractivity contribution >= 4 is 5.97 Å². The molecule has 2 atom stereocenters. The topological polar surface area (TPSA) is 57.5 Å². The van der Waals surface area contributed by atoms with Crippen LogP contribution in [0.1, 0.15) is 46.8 Å². The van der Waals surface area contributed by atoms with Crippen LogP contribution in [0.3, 0.4) is 0 Å². The third-order valence-electron chi connectivity index (χ3n) is 5.37. The van der Waals surface area contributed by atoms with Crippen molar-refractivity contribution in [3.8, 4) is 5.75 Å². The molecule has 2 N–H and O–H groups in total. The summed E-state index contributed by atoms with van der Waals surface area (Å²) >= 11 is 0. The zero-order valence-corrected chi connectivity index (χ0v) is 14.9. The fraction of sp³-hybridized carbons (Fsp3) is 0.174. The largest absolute Gasteiger partial charge is 0.507 e. The Morgan fingerprint density at radius 1 is 0.885 bits per heavy atom. The Morgan fingerprint density at radius 3 is 2.00 bits per heavy atom. The van der Waals surface area contributed by atoms with Crippen molar-refractivity contribution in [2.75, 3.05) is 0 Å². The van der Waals surface area contributed by atoms with E-state index in [2.05, 4.69) is 38.1 Å². The summed E-state index contributed by atoms with van der Waals surface area (Å²) in [6.45, 7) is 4.29. The van der Waals surface area contributed by atoms with Crippen LogP contribution in [0.5, 0.6) is 5.75 Å². The van der Waals surface area contributed by atoms with Gasteiger partial charge in [-0.15, -0.1) is 0 Å². The highest BCUT2D eigenvalue weighted by atomic mass is 16.4. The average Bonchev–Trinajstić information content (AvgIpc) is 2.67. The first-order chi connectivity index (χ1) is 12.4. The van der Waals surface area contributed by atoms with Crippen LogP contribution in [0.15, 0.2) is 78.9 Å². The van der Waals surface area contributed by atoms with Crippen LogP contribution < -0.4 is 0 Å². The quantitative estimate of drug-likeness (QED) is 0.667. The molecule has 0 amide bonds. The van der Waals surface area contributed by atoms with E-state index >= 15 is 0 Å². The first kappa shape index (κ1) is 17.7. The molecule has 2 unspecified atom stereocenters. The zero-order chi connectivity index (χ0) is 18.7. The lowest BCUT2D eigenvalue weighted by atomic mass is 9.65. The van der Waals surface area contributed by atoms with Gasteiger partial charge in [0.25, 0.3) is 0 Å². The van der Waals surface area contributed by atoms with Crippen molar-refractivity contribution in [3.63, 3.8) is 0 Å². The maximum absolute atomic E-state index is 11.2. The normalized spacial score (nSPS) is 14.4. The van der Waals surface area contributed by atoms with Crippen LogP contribution in [0.25, 0.3) is 0 Å². The highest BCUT2D eigenvalue weighted by molar-refractivity contribution is 5.90. The second-order valence-corrected chi connectivity index (χ2v) is 6.74. The Morgan fingerprint density at radius 2 is 1.46 bits per heavy atom. The van der Waals surface area contributed by atoms with Gasteiger partial charge in [-0.3, -0.25) is 0 Å². The molecule has 132 valence electrons. The minimum atomic E-state index is -1.13.